The second-order valence-corrected chi connectivity index (χ2v) is 10.8. The smallest absolute Gasteiger partial charge is 0.264 e. The van der Waals surface area contributed by atoms with E-state index in [1.807, 2.05) is 37.3 Å². The van der Waals surface area contributed by atoms with Gasteiger partial charge in [0, 0.05) is 5.69 Å². The quantitative estimate of drug-likeness (QED) is 0.191. The number of hydrazone groups is 1. The molecule has 0 heterocycles. The van der Waals surface area contributed by atoms with Crippen molar-refractivity contribution < 1.29 is 22.7 Å². The number of nitrogens with zero attached hydrogens (tertiary/aromatic N) is 2. The van der Waals surface area contributed by atoms with Gasteiger partial charge in [0.05, 0.1) is 16.8 Å². The molecule has 4 aromatic carbocycles. The van der Waals surface area contributed by atoms with E-state index in [2.05, 4.69) is 15.8 Å². The lowest BCUT2D eigenvalue weighted by molar-refractivity contribution is -0.119. The number of ether oxygens (including phenoxy) is 1. The number of sulfonamides is 1. The fourth-order valence-corrected chi connectivity index (χ4v) is 5.24. The zero-order chi connectivity index (χ0) is 29.1. The first-order chi connectivity index (χ1) is 19.8. The Kier molecular flexibility index (Phi) is 9.85. The van der Waals surface area contributed by atoms with Crippen molar-refractivity contribution in [2.75, 3.05) is 22.8 Å². The molecule has 10 heteroatoms. The summed E-state index contributed by atoms with van der Waals surface area (Å²) >= 11 is 0. The molecule has 4 aromatic rings. The van der Waals surface area contributed by atoms with E-state index in [1.54, 1.807) is 66.7 Å². The normalized spacial score (nSPS) is 11.1. The second-order valence-electron chi connectivity index (χ2n) is 8.91. The molecule has 0 spiro atoms. The molecule has 0 atom stereocenters. The molecule has 0 aliphatic carbocycles. The molecule has 0 unspecified atom stereocenters. The minimum atomic E-state index is -4.00. The first-order valence-corrected chi connectivity index (χ1v) is 14.4. The van der Waals surface area contributed by atoms with E-state index in [4.69, 9.17) is 4.74 Å². The van der Waals surface area contributed by atoms with E-state index < -0.39 is 22.5 Å². The van der Waals surface area contributed by atoms with Gasteiger partial charge in [-0.3, -0.25) is 13.9 Å². The Morgan fingerprint density at radius 1 is 0.829 bits per heavy atom. The maximum atomic E-state index is 13.4. The van der Waals surface area contributed by atoms with E-state index in [9.17, 15) is 18.0 Å². The van der Waals surface area contributed by atoms with E-state index >= 15 is 0 Å². The molecule has 41 heavy (non-hydrogen) atoms. The Hall–Kier alpha value is -4.96. The van der Waals surface area contributed by atoms with Crippen LogP contribution in [0.15, 0.2) is 119 Å². The number of hydrogen-bond donors (Lipinski definition) is 2. The molecule has 2 N–H and O–H groups in total. The lowest BCUT2D eigenvalue weighted by Gasteiger charge is -2.24. The summed E-state index contributed by atoms with van der Waals surface area (Å²) in [6.45, 7) is 1.39. The lowest BCUT2D eigenvalue weighted by Crippen LogP contribution is -2.39. The summed E-state index contributed by atoms with van der Waals surface area (Å²) in [5, 5.41) is 6.71. The number of carbonyl (C=O) groups is 2. The third kappa shape index (κ3) is 8.26. The number of hydrogen-bond acceptors (Lipinski definition) is 6. The van der Waals surface area contributed by atoms with Gasteiger partial charge < -0.3 is 10.1 Å². The Bertz CT molecular complexity index is 1580. The minimum Gasteiger partial charge on any atom is -0.484 e. The number of rotatable bonds is 12. The van der Waals surface area contributed by atoms with Crippen LogP contribution in [-0.4, -0.2) is 39.6 Å². The van der Waals surface area contributed by atoms with Crippen molar-refractivity contribution in [2.45, 2.75) is 18.2 Å². The van der Waals surface area contributed by atoms with Crippen LogP contribution in [0.3, 0.4) is 0 Å². The van der Waals surface area contributed by atoms with Crippen molar-refractivity contribution in [1.29, 1.82) is 0 Å². The first kappa shape index (κ1) is 29.0. The van der Waals surface area contributed by atoms with Crippen LogP contribution in [0.2, 0.25) is 0 Å². The van der Waals surface area contributed by atoms with E-state index in [1.165, 1.54) is 18.3 Å². The Balaban J connectivity index is 1.35. The SMILES string of the molecule is CCc1ccc(N(CC(=O)N/N=C\c2ccc(OCC(=O)Nc3ccccc3)cc2)S(=O)(=O)c2ccccc2)cc1. The third-order valence-electron chi connectivity index (χ3n) is 5.96. The van der Waals surface area contributed by atoms with Gasteiger partial charge in [0.25, 0.3) is 21.8 Å². The van der Waals surface area contributed by atoms with Crippen LogP contribution in [0.5, 0.6) is 5.75 Å². The summed E-state index contributed by atoms with van der Waals surface area (Å²) in [4.78, 5) is 24.9. The predicted octanol–water partition coefficient (Wildman–Crippen LogP) is 4.61. The van der Waals surface area contributed by atoms with Crippen LogP contribution < -0.4 is 19.8 Å². The number of anilines is 2. The van der Waals surface area contributed by atoms with Gasteiger partial charge in [0.1, 0.15) is 12.3 Å². The van der Waals surface area contributed by atoms with Gasteiger partial charge in [0.2, 0.25) is 0 Å². The molecule has 0 aliphatic rings. The highest BCUT2D eigenvalue weighted by Gasteiger charge is 2.27. The van der Waals surface area contributed by atoms with Gasteiger partial charge in [-0.15, -0.1) is 0 Å². The van der Waals surface area contributed by atoms with Gasteiger partial charge in [-0.2, -0.15) is 5.10 Å². The molecule has 4 rings (SSSR count). The first-order valence-electron chi connectivity index (χ1n) is 12.9. The highest BCUT2D eigenvalue weighted by molar-refractivity contribution is 7.92. The molecule has 0 bridgehead atoms. The predicted molar refractivity (Wildman–Crippen MR) is 160 cm³/mol. The number of aryl methyl sites for hydroxylation is 1. The lowest BCUT2D eigenvalue weighted by atomic mass is 10.1. The molecule has 0 aromatic heterocycles. The van der Waals surface area contributed by atoms with Crippen LogP contribution in [0.4, 0.5) is 11.4 Å². The molecule has 2 amide bonds. The highest BCUT2D eigenvalue weighted by Crippen LogP contribution is 2.24. The second kappa shape index (κ2) is 13.9. The van der Waals surface area contributed by atoms with Crippen molar-refractivity contribution in [3.63, 3.8) is 0 Å². The largest absolute Gasteiger partial charge is 0.484 e. The molecule has 210 valence electrons. The Morgan fingerprint density at radius 3 is 2.10 bits per heavy atom. The zero-order valence-electron chi connectivity index (χ0n) is 22.4. The van der Waals surface area contributed by atoms with Crippen molar-refractivity contribution in [2.24, 2.45) is 5.10 Å². The fraction of sp³-hybridized carbons (Fsp3) is 0.129. The molecule has 9 nitrogen and oxygen atoms in total. The van der Waals surface area contributed by atoms with Crippen LogP contribution in [0.1, 0.15) is 18.1 Å². The van der Waals surface area contributed by atoms with Crippen molar-refractivity contribution in [1.82, 2.24) is 5.43 Å². The number of para-hydroxylation sites is 1. The maximum Gasteiger partial charge on any atom is 0.264 e. The van der Waals surface area contributed by atoms with E-state index in [-0.39, 0.29) is 17.4 Å². The fourth-order valence-electron chi connectivity index (χ4n) is 3.79. The topological polar surface area (TPSA) is 117 Å². The van der Waals surface area contributed by atoms with Crippen LogP contribution >= 0.6 is 0 Å². The molecule has 0 radical (unpaired) electrons. The average molecular weight is 571 g/mol. The standard InChI is InChI=1S/C31H30N4O5S/c1-2-24-13-17-27(18-14-24)35(41(38,39)29-11-7-4-8-12-29)22-30(36)34-32-21-25-15-19-28(20-16-25)40-23-31(37)33-26-9-5-3-6-10-26/h3-21H,2,22-23H2,1H3,(H,33,37)(H,34,36)/b32-21-. The molecular formula is C31H30N4O5S. The third-order valence-corrected chi connectivity index (χ3v) is 7.75. The summed E-state index contributed by atoms with van der Waals surface area (Å²) in [6, 6.07) is 30.9. The van der Waals surface area contributed by atoms with Gasteiger partial charge in [0.15, 0.2) is 6.61 Å². The molecule has 0 aliphatic heterocycles. The van der Waals surface area contributed by atoms with Crippen LogP contribution in [0.25, 0.3) is 0 Å². The van der Waals surface area contributed by atoms with Crippen LogP contribution in [0, 0.1) is 0 Å². The van der Waals surface area contributed by atoms with Gasteiger partial charge in [-0.05, 0) is 78.2 Å². The van der Waals surface area contributed by atoms with Crippen molar-refractivity contribution >= 4 is 39.4 Å². The Morgan fingerprint density at radius 2 is 1.46 bits per heavy atom. The summed E-state index contributed by atoms with van der Waals surface area (Å²) in [7, 11) is -4.00. The average Bonchev–Trinajstić information content (AvgIpc) is 3.00. The molecule has 0 saturated carbocycles. The summed E-state index contributed by atoms with van der Waals surface area (Å²) < 4.78 is 33.4. The highest BCUT2D eigenvalue weighted by atomic mass is 32.2. The summed E-state index contributed by atoms with van der Waals surface area (Å²) in [5.74, 6) is -0.399. The zero-order valence-corrected chi connectivity index (χ0v) is 23.3. The van der Waals surface area contributed by atoms with Gasteiger partial charge in [-0.1, -0.05) is 55.5 Å². The molecule has 0 fully saturated rings. The summed E-state index contributed by atoms with van der Waals surface area (Å²) in [5.41, 5.74) is 5.16. The number of amides is 2. The van der Waals surface area contributed by atoms with Crippen molar-refractivity contribution in [3.05, 3.63) is 120 Å². The number of nitrogens with one attached hydrogen (secondary N) is 2. The van der Waals surface area contributed by atoms with Crippen molar-refractivity contribution in [3.8, 4) is 5.75 Å². The Labute approximate surface area is 239 Å². The number of benzene rings is 4. The van der Waals surface area contributed by atoms with E-state index in [0.29, 0.717) is 22.7 Å². The van der Waals surface area contributed by atoms with Gasteiger partial charge in [-0.25, -0.2) is 13.8 Å². The monoisotopic (exact) mass is 570 g/mol. The molecular weight excluding hydrogens is 540 g/mol. The summed E-state index contributed by atoms with van der Waals surface area (Å²) in [6.07, 6.45) is 2.23. The van der Waals surface area contributed by atoms with Crippen LogP contribution in [-0.2, 0) is 26.0 Å². The van der Waals surface area contributed by atoms with E-state index in [0.717, 1.165) is 16.3 Å². The maximum absolute atomic E-state index is 13.4. The molecule has 0 saturated heterocycles. The van der Waals surface area contributed by atoms with Gasteiger partial charge >= 0.3 is 0 Å². The number of carbonyl (C=O) groups excluding carboxylic acids is 2. The minimum absolute atomic E-state index is 0.0794.